The van der Waals surface area contributed by atoms with Gasteiger partial charge in [0.2, 0.25) is 0 Å². The smallest absolute Gasteiger partial charge is 0.303 e. The first-order valence-corrected chi connectivity index (χ1v) is 5.29. The summed E-state index contributed by atoms with van der Waals surface area (Å²) in [6.45, 7) is 1.34. The Morgan fingerprint density at radius 3 is 2.93 bits per heavy atom. The van der Waals surface area contributed by atoms with Gasteiger partial charge in [-0.15, -0.1) is 6.42 Å². The van der Waals surface area contributed by atoms with Crippen molar-refractivity contribution >= 4 is 11.8 Å². The fourth-order valence-electron chi connectivity index (χ4n) is 1.92. The summed E-state index contributed by atoms with van der Waals surface area (Å²) in [5.41, 5.74) is 0. The molecule has 0 saturated heterocycles. The Morgan fingerprint density at radius 1 is 1.73 bits per heavy atom. The summed E-state index contributed by atoms with van der Waals surface area (Å²) >= 11 is 0. The summed E-state index contributed by atoms with van der Waals surface area (Å²) in [6.07, 6.45) is 8.71. The van der Waals surface area contributed by atoms with Crippen LogP contribution in [0.15, 0.2) is 0 Å². The Hall–Kier alpha value is -1.30. The highest BCUT2D eigenvalue weighted by Gasteiger charge is 2.25. The highest BCUT2D eigenvalue weighted by atomic mass is 16.5. The van der Waals surface area contributed by atoms with E-state index in [4.69, 9.17) is 11.2 Å². The molecule has 0 amide bonds. The number of Topliss-reactive ketones (excluding diaryl/α,β-unsaturated/α-hetero) is 1. The molecule has 2 atom stereocenters. The Balaban J connectivity index is 2.31. The fourth-order valence-corrected chi connectivity index (χ4v) is 1.92. The van der Waals surface area contributed by atoms with Gasteiger partial charge in [-0.1, -0.05) is 5.92 Å². The summed E-state index contributed by atoms with van der Waals surface area (Å²) in [4.78, 5) is 22.0. The van der Waals surface area contributed by atoms with Crippen molar-refractivity contribution in [3.63, 3.8) is 0 Å². The van der Waals surface area contributed by atoms with Crippen LogP contribution in [0.3, 0.4) is 0 Å². The average molecular weight is 208 g/mol. The van der Waals surface area contributed by atoms with Crippen molar-refractivity contribution in [3.8, 4) is 12.3 Å². The topological polar surface area (TPSA) is 43.4 Å². The molecule has 1 aliphatic rings. The van der Waals surface area contributed by atoms with E-state index in [0.29, 0.717) is 18.6 Å². The van der Waals surface area contributed by atoms with Gasteiger partial charge in [-0.2, -0.15) is 0 Å². The quantitative estimate of drug-likeness (QED) is 0.521. The third-order valence-corrected chi connectivity index (χ3v) is 2.70. The van der Waals surface area contributed by atoms with Gasteiger partial charge in [-0.05, 0) is 25.7 Å². The van der Waals surface area contributed by atoms with Gasteiger partial charge in [-0.25, -0.2) is 0 Å². The van der Waals surface area contributed by atoms with Crippen molar-refractivity contribution in [2.45, 2.75) is 45.1 Å². The van der Waals surface area contributed by atoms with Crippen LogP contribution in [0.2, 0.25) is 0 Å². The number of terminal acetylenes is 1. The molecule has 1 fully saturated rings. The van der Waals surface area contributed by atoms with Crippen LogP contribution in [0.5, 0.6) is 0 Å². The zero-order valence-corrected chi connectivity index (χ0v) is 8.99. The van der Waals surface area contributed by atoms with E-state index in [1.165, 1.54) is 6.92 Å². The van der Waals surface area contributed by atoms with E-state index in [9.17, 15) is 9.59 Å². The number of hydrogen-bond donors (Lipinski definition) is 0. The van der Waals surface area contributed by atoms with Crippen molar-refractivity contribution in [1.29, 1.82) is 0 Å². The van der Waals surface area contributed by atoms with Crippen molar-refractivity contribution in [2.24, 2.45) is 5.92 Å². The second-order valence-corrected chi connectivity index (χ2v) is 3.90. The molecule has 0 aromatic rings. The molecule has 0 aliphatic heterocycles. The molecular weight excluding hydrogens is 192 g/mol. The van der Waals surface area contributed by atoms with Crippen molar-refractivity contribution in [1.82, 2.24) is 0 Å². The van der Waals surface area contributed by atoms with Crippen molar-refractivity contribution < 1.29 is 14.3 Å². The predicted octanol–water partition coefficient (Wildman–Crippen LogP) is 1.70. The predicted molar refractivity (Wildman–Crippen MR) is 56.0 cm³/mol. The number of hydrogen-bond acceptors (Lipinski definition) is 3. The lowest BCUT2D eigenvalue weighted by Gasteiger charge is -2.13. The average Bonchev–Trinajstić information content (AvgIpc) is 2.58. The van der Waals surface area contributed by atoms with Gasteiger partial charge in [-0.3, -0.25) is 9.59 Å². The third kappa shape index (κ3) is 3.75. The van der Waals surface area contributed by atoms with Gasteiger partial charge in [0.25, 0.3) is 0 Å². The monoisotopic (exact) mass is 208 g/mol. The van der Waals surface area contributed by atoms with E-state index in [1.54, 1.807) is 0 Å². The molecule has 0 aromatic heterocycles. The van der Waals surface area contributed by atoms with Gasteiger partial charge < -0.3 is 4.74 Å². The molecule has 82 valence electrons. The van der Waals surface area contributed by atoms with Crippen LogP contribution < -0.4 is 0 Å². The first-order chi connectivity index (χ1) is 7.13. The summed E-state index contributed by atoms with van der Waals surface area (Å²) in [5, 5.41) is 0. The van der Waals surface area contributed by atoms with Gasteiger partial charge in [0.15, 0.2) is 6.10 Å². The van der Waals surface area contributed by atoms with Gasteiger partial charge in [0.05, 0.1) is 0 Å². The summed E-state index contributed by atoms with van der Waals surface area (Å²) in [5.74, 6) is 2.52. The van der Waals surface area contributed by atoms with E-state index in [-0.39, 0.29) is 11.9 Å². The van der Waals surface area contributed by atoms with Crippen LogP contribution in [0.25, 0.3) is 0 Å². The Bertz CT molecular complexity index is 288. The number of carbonyl (C=O) groups is 2. The Kier molecular flexibility index (Phi) is 4.36. The van der Waals surface area contributed by atoms with E-state index in [2.05, 4.69) is 5.92 Å². The number of rotatable bonds is 4. The van der Waals surface area contributed by atoms with Gasteiger partial charge >= 0.3 is 5.97 Å². The minimum absolute atomic E-state index is 0.136. The SMILES string of the molecule is C#CC(CCC1CCCC1=O)OC(C)=O. The maximum Gasteiger partial charge on any atom is 0.303 e. The fraction of sp³-hybridized carbons (Fsp3) is 0.667. The molecule has 2 unspecified atom stereocenters. The third-order valence-electron chi connectivity index (χ3n) is 2.70. The molecule has 0 aromatic carbocycles. The zero-order valence-electron chi connectivity index (χ0n) is 8.99. The lowest BCUT2D eigenvalue weighted by Crippen LogP contribution is -2.17. The van der Waals surface area contributed by atoms with Crippen LogP contribution in [-0.4, -0.2) is 17.9 Å². The largest absolute Gasteiger partial charge is 0.449 e. The first-order valence-electron chi connectivity index (χ1n) is 5.29. The molecule has 0 heterocycles. The van der Waals surface area contributed by atoms with E-state index < -0.39 is 6.10 Å². The zero-order chi connectivity index (χ0) is 11.3. The molecule has 0 bridgehead atoms. The first kappa shape index (κ1) is 11.8. The van der Waals surface area contributed by atoms with Crippen LogP contribution in [-0.2, 0) is 14.3 Å². The molecular formula is C12H16O3. The Labute approximate surface area is 90.2 Å². The highest BCUT2D eigenvalue weighted by molar-refractivity contribution is 5.82. The van der Waals surface area contributed by atoms with Crippen LogP contribution in [0, 0.1) is 18.3 Å². The summed E-state index contributed by atoms with van der Waals surface area (Å²) in [6, 6.07) is 0. The highest BCUT2D eigenvalue weighted by Crippen LogP contribution is 2.26. The van der Waals surface area contributed by atoms with E-state index >= 15 is 0 Å². The molecule has 1 rings (SSSR count). The number of carbonyl (C=O) groups excluding carboxylic acids is 2. The van der Waals surface area contributed by atoms with Crippen molar-refractivity contribution in [2.75, 3.05) is 0 Å². The molecule has 0 radical (unpaired) electrons. The molecule has 0 N–H and O–H groups in total. The number of ether oxygens (including phenoxy) is 1. The molecule has 3 heteroatoms. The summed E-state index contributed by atoms with van der Waals surface area (Å²) < 4.78 is 4.91. The van der Waals surface area contributed by atoms with Crippen LogP contribution in [0.4, 0.5) is 0 Å². The van der Waals surface area contributed by atoms with Crippen molar-refractivity contribution in [3.05, 3.63) is 0 Å². The minimum Gasteiger partial charge on any atom is -0.449 e. The van der Waals surface area contributed by atoms with Crippen LogP contribution in [0.1, 0.15) is 39.0 Å². The lowest BCUT2D eigenvalue weighted by atomic mass is 9.99. The number of ketones is 1. The second kappa shape index (κ2) is 5.55. The molecule has 3 nitrogen and oxygen atoms in total. The molecule has 1 saturated carbocycles. The van der Waals surface area contributed by atoms with Gasteiger partial charge in [0, 0.05) is 19.3 Å². The normalized spacial score (nSPS) is 22.1. The molecule has 0 spiro atoms. The minimum atomic E-state index is -0.476. The number of esters is 1. The van der Waals surface area contributed by atoms with E-state index in [0.717, 1.165) is 19.3 Å². The lowest BCUT2D eigenvalue weighted by molar-refractivity contribution is -0.144. The maximum atomic E-state index is 11.3. The maximum absolute atomic E-state index is 11.3. The standard InChI is InChI=1S/C12H16O3/c1-3-11(15-9(2)13)8-7-10-5-4-6-12(10)14/h1,10-11H,4-8H2,2H3. The summed E-state index contributed by atoms with van der Waals surface area (Å²) in [7, 11) is 0. The molecule has 15 heavy (non-hydrogen) atoms. The van der Waals surface area contributed by atoms with E-state index in [1.807, 2.05) is 0 Å². The Morgan fingerprint density at radius 2 is 2.47 bits per heavy atom. The second-order valence-electron chi connectivity index (χ2n) is 3.90. The van der Waals surface area contributed by atoms with Crippen LogP contribution >= 0.6 is 0 Å². The van der Waals surface area contributed by atoms with Gasteiger partial charge in [0.1, 0.15) is 5.78 Å². The molecule has 1 aliphatic carbocycles.